The number of amides is 1. The number of rotatable bonds is 6. The standard InChI is InChI=1S/C21H19ClN6O2.C2HF3O2/c1-28-20(17(22)12-25-28)15-10-13(6-7-19(15)30-9-8-23)26-21(29)16-11-24-27-18-5-3-2-4-14(16)18;3-2(4,5)1(6)7/h2-7,10-12H,8-9,23H2,1H3,(H,26,29);(H,6,7). The van der Waals surface area contributed by atoms with Crippen molar-refractivity contribution in [3.8, 4) is 17.0 Å². The summed E-state index contributed by atoms with van der Waals surface area (Å²) in [6.45, 7) is 0.724. The van der Waals surface area contributed by atoms with Crippen molar-refractivity contribution in [3.05, 3.63) is 65.4 Å². The van der Waals surface area contributed by atoms with Crippen LogP contribution in [-0.4, -0.2) is 56.3 Å². The Balaban J connectivity index is 0.000000479. The Kier molecular flexibility index (Phi) is 8.63. The van der Waals surface area contributed by atoms with Crippen molar-refractivity contribution < 1.29 is 32.6 Å². The van der Waals surface area contributed by atoms with E-state index < -0.39 is 12.1 Å². The first-order valence-corrected chi connectivity index (χ1v) is 10.9. The van der Waals surface area contributed by atoms with Gasteiger partial charge in [-0.1, -0.05) is 29.8 Å². The van der Waals surface area contributed by atoms with Gasteiger partial charge in [0.15, 0.2) is 0 Å². The van der Waals surface area contributed by atoms with Gasteiger partial charge in [-0.05, 0) is 24.3 Å². The molecule has 0 fully saturated rings. The van der Waals surface area contributed by atoms with E-state index in [1.807, 2.05) is 24.3 Å². The molecule has 0 radical (unpaired) electrons. The summed E-state index contributed by atoms with van der Waals surface area (Å²) in [4.78, 5) is 21.8. The lowest BCUT2D eigenvalue weighted by Crippen LogP contribution is -2.21. The first kappa shape index (κ1) is 27.4. The van der Waals surface area contributed by atoms with Gasteiger partial charge in [0.05, 0.1) is 34.2 Å². The fraction of sp³-hybridized carbons (Fsp3) is 0.174. The molecule has 0 aliphatic rings. The zero-order valence-electron chi connectivity index (χ0n) is 19.2. The van der Waals surface area contributed by atoms with Gasteiger partial charge in [-0.3, -0.25) is 9.48 Å². The topological polar surface area (TPSA) is 145 Å². The molecular weight excluding hydrogens is 517 g/mol. The van der Waals surface area contributed by atoms with Crippen LogP contribution in [0.1, 0.15) is 10.4 Å². The van der Waals surface area contributed by atoms with Gasteiger partial charge < -0.3 is 20.9 Å². The Morgan fingerprint density at radius 2 is 1.89 bits per heavy atom. The van der Waals surface area contributed by atoms with Gasteiger partial charge in [-0.2, -0.15) is 28.5 Å². The number of carboxylic acids is 1. The van der Waals surface area contributed by atoms with E-state index in [0.717, 1.165) is 5.39 Å². The van der Waals surface area contributed by atoms with Crippen molar-refractivity contribution in [1.29, 1.82) is 0 Å². The normalized spacial score (nSPS) is 11.0. The highest BCUT2D eigenvalue weighted by atomic mass is 35.5. The lowest BCUT2D eigenvalue weighted by Gasteiger charge is -2.14. The van der Waals surface area contributed by atoms with Crippen LogP contribution in [0.5, 0.6) is 5.75 Å². The minimum atomic E-state index is -5.08. The molecule has 0 atom stereocenters. The Morgan fingerprint density at radius 3 is 2.51 bits per heavy atom. The van der Waals surface area contributed by atoms with Gasteiger partial charge in [0.1, 0.15) is 12.4 Å². The molecule has 0 bridgehead atoms. The third-order valence-corrected chi connectivity index (χ3v) is 5.07. The summed E-state index contributed by atoms with van der Waals surface area (Å²) in [6, 6.07) is 12.7. The number of carbonyl (C=O) groups is 2. The average molecular weight is 537 g/mol. The van der Waals surface area contributed by atoms with Crippen LogP contribution >= 0.6 is 11.6 Å². The molecule has 0 aliphatic heterocycles. The van der Waals surface area contributed by atoms with Crippen molar-refractivity contribution in [1.82, 2.24) is 20.0 Å². The number of fused-ring (bicyclic) bond motifs is 1. The number of hydrogen-bond donors (Lipinski definition) is 3. The number of benzene rings is 2. The van der Waals surface area contributed by atoms with Crippen LogP contribution in [0, 0.1) is 0 Å². The van der Waals surface area contributed by atoms with Gasteiger partial charge in [-0.15, -0.1) is 0 Å². The molecule has 2 heterocycles. The largest absolute Gasteiger partial charge is 0.492 e. The molecule has 4 N–H and O–H groups in total. The van der Waals surface area contributed by atoms with Crippen molar-refractivity contribution in [2.24, 2.45) is 12.8 Å². The SMILES string of the molecule is Cn1ncc(Cl)c1-c1cc(NC(=O)c2cnnc3ccccc23)ccc1OCCN.O=C(O)C(F)(F)F. The molecule has 37 heavy (non-hydrogen) atoms. The van der Waals surface area contributed by atoms with Crippen LogP contribution in [0.4, 0.5) is 18.9 Å². The quantitative estimate of drug-likeness (QED) is 0.336. The molecule has 4 aromatic rings. The van der Waals surface area contributed by atoms with Crippen LogP contribution < -0.4 is 15.8 Å². The second-order valence-corrected chi connectivity index (χ2v) is 7.75. The molecular formula is C23H20ClF3N6O4. The Labute approximate surface area is 212 Å². The van der Waals surface area contributed by atoms with E-state index >= 15 is 0 Å². The fourth-order valence-electron chi connectivity index (χ4n) is 3.19. The van der Waals surface area contributed by atoms with Crippen LogP contribution in [0.3, 0.4) is 0 Å². The number of ether oxygens (including phenoxy) is 1. The van der Waals surface area contributed by atoms with E-state index in [0.29, 0.717) is 51.9 Å². The third kappa shape index (κ3) is 6.71. The van der Waals surface area contributed by atoms with Gasteiger partial charge in [0, 0.05) is 30.2 Å². The molecule has 0 unspecified atom stereocenters. The van der Waals surface area contributed by atoms with Gasteiger partial charge in [0.25, 0.3) is 5.91 Å². The van der Waals surface area contributed by atoms with E-state index in [1.54, 1.807) is 36.1 Å². The molecule has 10 nitrogen and oxygen atoms in total. The van der Waals surface area contributed by atoms with Gasteiger partial charge >= 0.3 is 12.1 Å². The summed E-state index contributed by atoms with van der Waals surface area (Å²) in [5.41, 5.74) is 8.61. The van der Waals surface area contributed by atoms with Crippen molar-refractivity contribution in [2.75, 3.05) is 18.5 Å². The molecule has 1 amide bonds. The minimum absolute atomic E-state index is 0.293. The lowest BCUT2D eigenvalue weighted by atomic mass is 10.1. The maximum absolute atomic E-state index is 12.9. The predicted octanol–water partition coefficient (Wildman–Crippen LogP) is 3.91. The number of carbonyl (C=O) groups excluding carboxylic acids is 1. The molecule has 4 rings (SSSR count). The van der Waals surface area contributed by atoms with Crippen LogP contribution in [0.2, 0.25) is 5.02 Å². The number of aromatic nitrogens is 4. The molecule has 14 heteroatoms. The Bertz CT molecular complexity index is 1400. The van der Waals surface area contributed by atoms with Gasteiger partial charge in [-0.25, -0.2) is 4.79 Å². The number of carboxylic acid groups (broad SMARTS) is 1. The van der Waals surface area contributed by atoms with Crippen LogP contribution in [0.15, 0.2) is 54.9 Å². The van der Waals surface area contributed by atoms with Crippen LogP contribution in [-0.2, 0) is 11.8 Å². The predicted molar refractivity (Wildman–Crippen MR) is 129 cm³/mol. The summed E-state index contributed by atoms with van der Waals surface area (Å²) in [5, 5.41) is 23.4. The summed E-state index contributed by atoms with van der Waals surface area (Å²) in [5.74, 6) is -2.45. The number of nitrogens with zero attached hydrogens (tertiary/aromatic N) is 4. The number of nitrogens with one attached hydrogen (secondary N) is 1. The fourth-order valence-corrected chi connectivity index (χ4v) is 3.46. The number of alkyl halides is 3. The maximum atomic E-state index is 12.9. The van der Waals surface area contributed by atoms with Crippen LogP contribution in [0.25, 0.3) is 22.2 Å². The number of aryl methyl sites for hydroxylation is 1. The first-order valence-electron chi connectivity index (χ1n) is 10.5. The highest BCUT2D eigenvalue weighted by Crippen LogP contribution is 2.36. The second kappa shape index (κ2) is 11.7. The number of aliphatic carboxylic acids is 1. The number of halogens is 4. The molecule has 0 aliphatic carbocycles. The number of anilines is 1. The van der Waals surface area contributed by atoms with Gasteiger partial charge in [0.2, 0.25) is 0 Å². The third-order valence-electron chi connectivity index (χ3n) is 4.80. The smallest absolute Gasteiger partial charge is 0.490 e. The van der Waals surface area contributed by atoms with Crippen molar-refractivity contribution in [3.63, 3.8) is 0 Å². The summed E-state index contributed by atoms with van der Waals surface area (Å²) < 4.78 is 39.2. The molecule has 0 saturated carbocycles. The van der Waals surface area contributed by atoms with E-state index in [9.17, 15) is 18.0 Å². The highest BCUT2D eigenvalue weighted by Gasteiger charge is 2.38. The summed E-state index contributed by atoms with van der Waals surface area (Å²) in [7, 11) is 1.79. The highest BCUT2D eigenvalue weighted by molar-refractivity contribution is 6.33. The van der Waals surface area contributed by atoms with E-state index in [4.69, 9.17) is 32.0 Å². The zero-order valence-corrected chi connectivity index (χ0v) is 19.9. The summed E-state index contributed by atoms with van der Waals surface area (Å²) >= 11 is 6.34. The second-order valence-electron chi connectivity index (χ2n) is 7.35. The molecule has 2 aromatic heterocycles. The minimum Gasteiger partial charge on any atom is -0.492 e. The van der Waals surface area contributed by atoms with E-state index in [-0.39, 0.29) is 5.91 Å². The number of hydrogen-bond acceptors (Lipinski definition) is 7. The van der Waals surface area contributed by atoms with Crippen molar-refractivity contribution >= 4 is 40.1 Å². The average Bonchev–Trinajstić information content (AvgIpc) is 3.20. The molecule has 0 saturated heterocycles. The zero-order chi connectivity index (χ0) is 27.2. The lowest BCUT2D eigenvalue weighted by molar-refractivity contribution is -0.192. The van der Waals surface area contributed by atoms with E-state index in [2.05, 4.69) is 20.6 Å². The maximum Gasteiger partial charge on any atom is 0.490 e. The number of nitrogens with two attached hydrogens (primary N) is 1. The Hall–Kier alpha value is -4.23. The van der Waals surface area contributed by atoms with E-state index in [1.165, 1.54) is 6.20 Å². The molecule has 0 spiro atoms. The Morgan fingerprint density at radius 1 is 1.19 bits per heavy atom. The molecule has 194 valence electrons. The monoisotopic (exact) mass is 536 g/mol. The summed E-state index contributed by atoms with van der Waals surface area (Å²) in [6.07, 6.45) is -2.07. The molecule has 2 aromatic carbocycles. The van der Waals surface area contributed by atoms with Crippen molar-refractivity contribution in [2.45, 2.75) is 6.18 Å². The first-order chi connectivity index (χ1) is 17.5.